The van der Waals surface area contributed by atoms with Gasteiger partial charge in [0, 0.05) is 40.1 Å². The Morgan fingerprint density at radius 3 is 1.74 bits per heavy atom. The molecular formula is C56H42F6N6. The smallest absolute Gasteiger partial charge is 0.308 e. The zero-order valence-corrected chi connectivity index (χ0v) is 36.7. The van der Waals surface area contributed by atoms with E-state index in [1.807, 2.05) is 66.7 Å². The second-order valence-electron chi connectivity index (χ2n) is 16.9. The first-order chi connectivity index (χ1) is 32.8. The van der Waals surface area contributed by atoms with Crippen molar-refractivity contribution in [2.45, 2.75) is 57.3 Å². The van der Waals surface area contributed by atoms with Crippen molar-refractivity contribution >= 4 is 49.4 Å². The van der Waals surface area contributed by atoms with Crippen molar-refractivity contribution in [1.82, 2.24) is 19.1 Å². The molecular weight excluding hydrogens is 871 g/mol. The lowest BCUT2D eigenvalue weighted by molar-refractivity contribution is -0.137. The number of alkyl halides is 6. The Balaban J connectivity index is 1.32. The molecule has 1 unspecified atom stereocenters. The highest BCUT2D eigenvalue weighted by Gasteiger charge is 2.37. The molecule has 0 radical (unpaired) electrons. The predicted molar refractivity (Wildman–Crippen MR) is 257 cm³/mol. The molecule has 12 heteroatoms. The molecule has 0 fully saturated rings. The molecule has 0 aliphatic heterocycles. The maximum atomic E-state index is 14.3. The number of pyridine rings is 2. The molecule has 8 aromatic rings. The van der Waals surface area contributed by atoms with Crippen molar-refractivity contribution in [2.24, 2.45) is 5.92 Å². The molecule has 0 bridgehead atoms. The van der Waals surface area contributed by atoms with E-state index in [2.05, 4.69) is 47.1 Å². The fraction of sp³-hybridized carbons (Fsp3) is 0.179. The van der Waals surface area contributed by atoms with E-state index in [0.717, 1.165) is 79.1 Å². The van der Waals surface area contributed by atoms with Gasteiger partial charge >= 0.3 is 12.4 Å². The fourth-order valence-electron chi connectivity index (χ4n) is 9.68. The number of benzene rings is 4. The molecule has 0 saturated heterocycles. The largest absolute Gasteiger partial charge is 0.416 e. The van der Waals surface area contributed by atoms with Crippen LogP contribution in [0.3, 0.4) is 0 Å². The number of fused-ring (bicyclic) bond motifs is 6. The quantitative estimate of drug-likeness (QED) is 0.0852. The summed E-state index contributed by atoms with van der Waals surface area (Å²) in [5.74, 6) is -0.955. The third kappa shape index (κ3) is 8.17. The summed E-state index contributed by atoms with van der Waals surface area (Å²) in [6.07, 6.45) is 5.08. The van der Waals surface area contributed by atoms with E-state index in [0.29, 0.717) is 66.3 Å². The van der Waals surface area contributed by atoms with Crippen molar-refractivity contribution < 1.29 is 26.3 Å². The highest BCUT2D eigenvalue weighted by molar-refractivity contribution is 6.12. The van der Waals surface area contributed by atoms with Crippen LogP contribution in [0.25, 0.3) is 71.9 Å². The summed E-state index contributed by atoms with van der Waals surface area (Å²) in [4.78, 5) is 9.77. The fourth-order valence-corrected chi connectivity index (χ4v) is 9.68. The molecule has 338 valence electrons. The molecule has 0 saturated carbocycles. The van der Waals surface area contributed by atoms with Crippen LogP contribution in [0.1, 0.15) is 59.1 Å². The first-order valence-electron chi connectivity index (χ1n) is 22.1. The van der Waals surface area contributed by atoms with Crippen molar-refractivity contribution in [3.63, 3.8) is 0 Å². The molecule has 0 amide bonds. The molecule has 4 aromatic carbocycles. The number of rotatable bonds is 13. The van der Waals surface area contributed by atoms with Gasteiger partial charge in [0.25, 0.3) is 0 Å². The standard InChI is InChI=1S/C56H42F6N6/c1-4-7-12-34-27-41(67-47-19-17-43(37-23-35(32-63)25-39(29-37)55(57,58)59)45(13-8-5-2)51(47)53-49(67)15-10-21-65-53)31-42(28-34)68-48-20-18-44(38-24-36(33-64)26-40(30-38)56(60,61)62)46(14-9-6-3)52(48)54-50(68)16-11-22-66-54/h4-6,10-11,15-25,27-31,36H,1-3,7-9,12-14,26H2. The molecule has 1 atom stereocenters. The first-order valence-corrected chi connectivity index (χ1v) is 22.1. The van der Waals surface area contributed by atoms with E-state index in [9.17, 15) is 36.9 Å². The van der Waals surface area contributed by atoms with E-state index in [1.165, 1.54) is 6.07 Å². The van der Waals surface area contributed by atoms with Crippen LogP contribution in [0, 0.1) is 28.6 Å². The maximum Gasteiger partial charge on any atom is 0.416 e. The van der Waals surface area contributed by atoms with Gasteiger partial charge in [-0.25, -0.2) is 0 Å². The van der Waals surface area contributed by atoms with E-state index < -0.39 is 35.8 Å². The third-order valence-corrected chi connectivity index (χ3v) is 12.6. The highest BCUT2D eigenvalue weighted by Crippen LogP contribution is 2.44. The number of nitriles is 2. The van der Waals surface area contributed by atoms with Crippen molar-refractivity contribution in [3.8, 4) is 34.6 Å². The molecule has 68 heavy (non-hydrogen) atoms. The third-order valence-electron chi connectivity index (χ3n) is 12.6. The Morgan fingerprint density at radius 1 is 0.647 bits per heavy atom. The molecule has 0 N–H and O–H groups in total. The molecule has 4 heterocycles. The molecule has 1 aliphatic carbocycles. The van der Waals surface area contributed by atoms with E-state index in [-0.39, 0.29) is 11.1 Å². The highest BCUT2D eigenvalue weighted by atomic mass is 19.4. The van der Waals surface area contributed by atoms with Gasteiger partial charge in [-0.2, -0.15) is 36.9 Å². The zero-order chi connectivity index (χ0) is 47.9. The number of nitrogens with zero attached hydrogens (tertiary/aromatic N) is 6. The Bertz CT molecular complexity index is 3510. The Kier molecular flexibility index (Phi) is 12.0. The van der Waals surface area contributed by atoms with Gasteiger partial charge in [0.2, 0.25) is 0 Å². The number of aromatic nitrogens is 4. The number of hydrogen-bond acceptors (Lipinski definition) is 4. The molecule has 1 aliphatic rings. The van der Waals surface area contributed by atoms with Gasteiger partial charge in [-0.05, 0) is 163 Å². The normalized spacial score (nSPS) is 14.2. The lowest BCUT2D eigenvalue weighted by Crippen LogP contribution is -2.17. The summed E-state index contributed by atoms with van der Waals surface area (Å²) < 4.78 is 89.6. The Labute approximate surface area is 388 Å². The van der Waals surface area contributed by atoms with Gasteiger partial charge in [-0.1, -0.05) is 36.4 Å². The number of halogens is 6. The monoisotopic (exact) mass is 912 g/mol. The van der Waals surface area contributed by atoms with Crippen molar-refractivity contribution in [1.29, 1.82) is 10.5 Å². The summed E-state index contributed by atoms with van der Waals surface area (Å²) in [7, 11) is 0. The number of hydrogen-bond donors (Lipinski definition) is 0. The minimum Gasteiger partial charge on any atom is -0.308 e. The van der Waals surface area contributed by atoms with Crippen molar-refractivity contribution in [3.05, 3.63) is 186 Å². The van der Waals surface area contributed by atoms with Crippen LogP contribution < -0.4 is 0 Å². The van der Waals surface area contributed by atoms with E-state index in [4.69, 9.17) is 9.97 Å². The average molecular weight is 913 g/mol. The lowest BCUT2D eigenvalue weighted by atomic mass is 9.85. The lowest BCUT2D eigenvalue weighted by Gasteiger charge is -2.21. The summed E-state index contributed by atoms with van der Waals surface area (Å²) in [6, 6.07) is 28.7. The summed E-state index contributed by atoms with van der Waals surface area (Å²) >= 11 is 0. The maximum absolute atomic E-state index is 14.3. The summed E-state index contributed by atoms with van der Waals surface area (Å²) in [6.45, 7) is 11.9. The van der Waals surface area contributed by atoms with Crippen LogP contribution in [0.2, 0.25) is 0 Å². The van der Waals surface area contributed by atoms with Gasteiger partial charge in [0.15, 0.2) is 0 Å². The van der Waals surface area contributed by atoms with Crippen molar-refractivity contribution in [2.75, 3.05) is 0 Å². The second-order valence-corrected chi connectivity index (χ2v) is 16.9. The van der Waals surface area contributed by atoms with Crippen LogP contribution in [-0.2, 0) is 25.4 Å². The topological polar surface area (TPSA) is 83.2 Å². The van der Waals surface area contributed by atoms with Crippen LogP contribution in [0.15, 0.2) is 153 Å². The van der Waals surface area contributed by atoms with Crippen LogP contribution >= 0.6 is 0 Å². The molecule has 9 rings (SSSR count). The minimum atomic E-state index is -4.67. The molecule has 0 spiro atoms. The van der Waals surface area contributed by atoms with Crippen LogP contribution in [0.5, 0.6) is 0 Å². The molecule has 6 nitrogen and oxygen atoms in total. The molecule has 4 aromatic heterocycles. The van der Waals surface area contributed by atoms with Crippen LogP contribution in [-0.4, -0.2) is 25.3 Å². The number of aryl methyl sites for hydroxylation is 3. The number of allylic oxidation sites excluding steroid dienone is 7. The van der Waals surface area contributed by atoms with Gasteiger partial charge < -0.3 is 9.13 Å². The van der Waals surface area contributed by atoms with Crippen LogP contribution in [0.4, 0.5) is 26.3 Å². The Morgan fingerprint density at radius 2 is 1.21 bits per heavy atom. The van der Waals surface area contributed by atoms with E-state index in [1.54, 1.807) is 30.6 Å². The first kappa shape index (κ1) is 45.2. The van der Waals surface area contributed by atoms with Gasteiger partial charge in [0.1, 0.15) is 0 Å². The van der Waals surface area contributed by atoms with Gasteiger partial charge in [0.05, 0.1) is 62.3 Å². The zero-order valence-electron chi connectivity index (χ0n) is 36.7. The minimum absolute atomic E-state index is 0.107. The SMILES string of the molecule is C=CCCc1cc(-n2c3cccnc3c3c(CCC=C)c(C4=CC(C#N)CC(C(F)(F)F)=C4)ccc32)cc(-n2c3cccnc3c3c(CCC=C)c(-c4cc(C#N)cc(C(F)(F)F)c4)ccc32)c1. The Hall–Kier alpha value is -7.96. The van der Waals surface area contributed by atoms with Gasteiger partial charge in [-0.3, -0.25) is 9.97 Å². The summed E-state index contributed by atoms with van der Waals surface area (Å²) in [5, 5.41) is 21.2. The summed E-state index contributed by atoms with van der Waals surface area (Å²) in [5.41, 5.74) is 8.43. The average Bonchev–Trinajstić information content (AvgIpc) is 3.86. The predicted octanol–water partition coefficient (Wildman–Crippen LogP) is 15.0. The van der Waals surface area contributed by atoms with E-state index >= 15 is 0 Å². The second kappa shape index (κ2) is 18.0. The van der Waals surface area contributed by atoms with Gasteiger partial charge in [-0.15, -0.1) is 19.7 Å².